The highest BCUT2D eigenvalue weighted by Crippen LogP contribution is 2.22. The van der Waals surface area contributed by atoms with Gasteiger partial charge in [0.05, 0.1) is 6.04 Å². The van der Waals surface area contributed by atoms with Crippen LogP contribution in [0.3, 0.4) is 0 Å². The first-order chi connectivity index (χ1) is 11.7. The van der Waals surface area contributed by atoms with Gasteiger partial charge in [0.2, 0.25) is 0 Å². The minimum Gasteiger partial charge on any atom is -0.334 e. The highest BCUT2D eigenvalue weighted by Gasteiger charge is 2.25. The van der Waals surface area contributed by atoms with Crippen molar-refractivity contribution in [3.8, 4) is 6.07 Å². The highest BCUT2D eigenvalue weighted by atomic mass is 16.2. The van der Waals surface area contributed by atoms with Crippen molar-refractivity contribution >= 4 is 5.91 Å². The summed E-state index contributed by atoms with van der Waals surface area (Å²) in [6.45, 7) is 17.7. The zero-order chi connectivity index (χ0) is 20.0. The van der Waals surface area contributed by atoms with E-state index in [9.17, 15) is 10.1 Å². The maximum Gasteiger partial charge on any atom is 0.264 e. The van der Waals surface area contributed by atoms with Crippen molar-refractivity contribution in [2.45, 2.75) is 67.3 Å². The molecule has 3 nitrogen and oxygen atoms in total. The Morgan fingerprint density at radius 3 is 2.24 bits per heavy atom. The molecule has 25 heavy (non-hydrogen) atoms. The van der Waals surface area contributed by atoms with E-state index in [4.69, 9.17) is 0 Å². The largest absolute Gasteiger partial charge is 0.334 e. The summed E-state index contributed by atoms with van der Waals surface area (Å²) in [4.78, 5) is 14.4. The average Bonchev–Trinajstić information content (AvgIpc) is 2.57. The first-order valence-corrected chi connectivity index (χ1v) is 9.07. The highest BCUT2D eigenvalue weighted by molar-refractivity contribution is 5.97. The quantitative estimate of drug-likeness (QED) is 0.331. The van der Waals surface area contributed by atoms with Crippen molar-refractivity contribution in [2.75, 3.05) is 7.05 Å². The summed E-state index contributed by atoms with van der Waals surface area (Å²) < 4.78 is 0. The third-order valence-electron chi connectivity index (χ3n) is 3.33. The van der Waals surface area contributed by atoms with Crippen LogP contribution in [0.25, 0.3) is 0 Å². The second-order valence-corrected chi connectivity index (χ2v) is 6.66. The van der Waals surface area contributed by atoms with E-state index in [1.807, 2.05) is 59.8 Å². The van der Waals surface area contributed by atoms with Gasteiger partial charge in [-0.2, -0.15) is 5.26 Å². The molecule has 3 heteroatoms. The normalized spacial score (nSPS) is 13.6. The first-order valence-electron chi connectivity index (χ1n) is 9.07. The number of nitrogens with zero attached hydrogens (tertiary/aromatic N) is 2. The van der Waals surface area contributed by atoms with Crippen molar-refractivity contribution in [1.82, 2.24) is 4.90 Å². The summed E-state index contributed by atoms with van der Waals surface area (Å²) in [6.07, 6.45) is 11.1. The average molecular weight is 345 g/mol. The predicted molar refractivity (Wildman–Crippen MR) is 109 cm³/mol. The summed E-state index contributed by atoms with van der Waals surface area (Å²) >= 11 is 0. The SMILES string of the molecule is C=C/C=C(\C=C/C)C(CCC)N(C)C(=O)/C(C#N)=C/C(C)(C)C.CC. The Balaban J connectivity index is 0. The number of carbonyl (C=O) groups excluding carboxylic acids is 1. The molecule has 0 aromatic rings. The van der Waals surface area contributed by atoms with Crippen LogP contribution in [0.1, 0.15) is 61.3 Å². The molecular formula is C22H36N2O. The van der Waals surface area contributed by atoms with Gasteiger partial charge in [0.25, 0.3) is 5.91 Å². The minimum absolute atomic E-state index is 0.0709. The lowest BCUT2D eigenvalue weighted by molar-refractivity contribution is -0.127. The van der Waals surface area contributed by atoms with Crippen LogP contribution in [0, 0.1) is 16.7 Å². The zero-order valence-corrected chi connectivity index (χ0v) is 17.4. The molecule has 0 saturated carbocycles. The van der Waals surface area contributed by atoms with E-state index < -0.39 is 0 Å². The maximum atomic E-state index is 12.7. The second-order valence-electron chi connectivity index (χ2n) is 6.66. The van der Waals surface area contributed by atoms with Crippen molar-refractivity contribution < 1.29 is 4.79 Å². The van der Waals surface area contributed by atoms with Crippen LogP contribution in [0.4, 0.5) is 0 Å². The summed E-state index contributed by atoms with van der Waals surface area (Å²) in [5, 5.41) is 9.36. The van der Waals surface area contributed by atoms with E-state index in [-0.39, 0.29) is 22.9 Å². The fraction of sp³-hybridized carbons (Fsp3) is 0.545. The van der Waals surface area contributed by atoms with Crippen LogP contribution in [-0.4, -0.2) is 23.9 Å². The summed E-state index contributed by atoms with van der Waals surface area (Å²) in [5.74, 6) is -0.236. The van der Waals surface area contributed by atoms with E-state index in [0.29, 0.717) is 0 Å². The maximum absolute atomic E-state index is 12.7. The van der Waals surface area contributed by atoms with Crippen molar-refractivity contribution in [2.24, 2.45) is 5.41 Å². The predicted octanol–water partition coefficient (Wildman–Crippen LogP) is 5.82. The molecule has 0 N–H and O–H groups in total. The monoisotopic (exact) mass is 344 g/mol. The molecule has 1 atom stereocenters. The molecule has 0 radical (unpaired) electrons. The molecule has 0 aliphatic carbocycles. The number of hydrogen-bond donors (Lipinski definition) is 0. The van der Waals surface area contributed by atoms with Gasteiger partial charge < -0.3 is 4.90 Å². The summed E-state index contributed by atoms with van der Waals surface area (Å²) in [6, 6.07) is 1.98. The Hall–Kier alpha value is -2.08. The Morgan fingerprint density at radius 1 is 1.32 bits per heavy atom. The number of nitriles is 1. The molecule has 0 aromatic carbocycles. The lowest BCUT2D eigenvalue weighted by atomic mass is 9.92. The van der Waals surface area contributed by atoms with Gasteiger partial charge in [0.15, 0.2) is 0 Å². The number of carbonyl (C=O) groups is 1. The Kier molecular flexibility index (Phi) is 13.3. The molecule has 0 saturated heterocycles. The van der Waals surface area contributed by atoms with E-state index in [1.165, 1.54) is 0 Å². The zero-order valence-electron chi connectivity index (χ0n) is 17.4. The van der Waals surface area contributed by atoms with Gasteiger partial charge in [-0.1, -0.05) is 84.9 Å². The molecule has 0 aromatic heterocycles. The summed E-state index contributed by atoms with van der Waals surface area (Å²) in [5.41, 5.74) is 0.998. The third-order valence-corrected chi connectivity index (χ3v) is 3.33. The molecule has 0 aliphatic rings. The smallest absolute Gasteiger partial charge is 0.264 e. The van der Waals surface area contributed by atoms with Crippen LogP contribution in [0.15, 0.2) is 48.1 Å². The van der Waals surface area contributed by atoms with Crippen LogP contribution >= 0.6 is 0 Å². The molecule has 1 amide bonds. The fourth-order valence-electron chi connectivity index (χ4n) is 2.37. The van der Waals surface area contributed by atoms with Gasteiger partial charge in [-0.25, -0.2) is 0 Å². The van der Waals surface area contributed by atoms with E-state index in [0.717, 1.165) is 18.4 Å². The van der Waals surface area contributed by atoms with Gasteiger partial charge in [0.1, 0.15) is 11.6 Å². The Labute approximate surface area is 155 Å². The van der Waals surface area contributed by atoms with Crippen LogP contribution in [0.5, 0.6) is 0 Å². The van der Waals surface area contributed by atoms with Crippen LogP contribution < -0.4 is 0 Å². The first kappa shape index (κ1) is 25.2. The van der Waals surface area contributed by atoms with Crippen molar-refractivity contribution in [1.29, 1.82) is 5.26 Å². The lowest BCUT2D eigenvalue weighted by Crippen LogP contribution is -2.39. The van der Waals surface area contributed by atoms with Gasteiger partial charge in [-0.05, 0) is 24.3 Å². The third kappa shape index (κ3) is 9.72. The van der Waals surface area contributed by atoms with E-state index >= 15 is 0 Å². The van der Waals surface area contributed by atoms with E-state index in [2.05, 4.69) is 19.6 Å². The minimum atomic E-state index is -0.236. The molecule has 0 rings (SSSR count). The summed E-state index contributed by atoms with van der Waals surface area (Å²) in [7, 11) is 1.76. The number of likely N-dealkylation sites (N-methyl/N-ethyl adjacent to an activating group) is 1. The second kappa shape index (κ2) is 13.2. The van der Waals surface area contributed by atoms with Crippen molar-refractivity contribution in [3.63, 3.8) is 0 Å². The number of hydrogen-bond acceptors (Lipinski definition) is 2. The van der Waals surface area contributed by atoms with Gasteiger partial charge in [0, 0.05) is 7.05 Å². The number of allylic oxidation sites excluding steroid dienone is 4. The lowest BCUT2D eigenvalue weighted by Gasteiger charge is -2.29. The number of rotatable bonds is 7. The van der Waals surface area contributed by atoms with Gasteiger partial charge in [-0.3, -0.25) is 4.79 Å². The molecule has 1 unspecified atom stereocenters. The Morgan fingerprint density at radius 2 is 1.88 bits per heavy atom. The molecule has 0 fully saturated rings. The van der Waals surface area contributed by atoms with E-state index in [1.54, 1.807) is 24.1 Å². The van der Waals surface area contributed by atoms with Crippen LogP contribution in [-0.2, 0) is 4.79 Å². The van der Waals surface area contributed by atoms with Gasteiger partial charge in [-0.15, -0.1) is 0 Å². The molecule has 140 valence electrons. The molecule has 0 spiro atoms. The van der Waals surface area contributed by atoms with Gasteiger partial charge >= 0.3 is 0 Å². The van der Waals surface area contributed by atoms with Crippen LogP contribution in [0.2, 0.25) is 0 Å². The fourth-order valence-corrected chi connectivity index (χ4v) is 2.37. The standard InChI is InChI=1S/C20H30N2O.C2H6/c1-8-11-16(12-9-2)18(13-10-3)22(7)19(23)17(15-21)14-20(4,5)6;1-2/h8-9,11-12,14,18H,1,10,13H2,2-7H3;1-2H3/b12-9-,16-11+,17-14+;. The topological polar surface area (TPSA) is 44.1 Å². The van der Waals surface area contributed by atoms with Crippen molar-refractivity contribution in [3.05, 3.63) is 48.1 Å². The molecule has 0 heterocycles. The molecule has 0 bridgehead atoms. The molecule has 0 aliphatic heterocycles. The number of amides is 1. The molecular weight excluding hydrogens is 308 g/mol. The Bertz CT molecular complexity index is 539.